The number of esters is 1. The third-order valence-electron chi connectivity index (χ3n) is 8.82. The summed E-state index contributed by atoms with van der Waals surface area (Å²) in [6, 6.07) is 20.8. The number of fused-ring (bicyclic) bond motifs is 18. The molecule has 298 valence electrons. The van der Waals surface area contributed by atoms with E-state index in [9.17, 15) is 38.7 Å². The zero-order valence-electron chi connectivity index (χ0n) is 31.7. The van der Waals surface area contributed by atoms with Gasteiger partial charge in [-0.15, -0.1) is 11.3 Å². The standard InChI is InChI=1S/C42H45N5O9S/c1-42(2,3)56-36(50)24-31-39(52)46-32(41(54)55)23-26-13-17-29(18-14-26)43-34(48)19-20-35(49)47-37(33-10-7-21-57-33)40(53)45-30(38(51)44-31)22-25-11-15-28(16-12-25)27-8-5-4-6-9-27/h4-18,21,30-32,37H,19-20,22-24H2,1-3H3,(H,43,48)(H,44,51)(H,45,53)(H,46,52)(H,47,49)(H,54,55)/t30-,31+,32-,37?/m0/s1. The summed E-state index contributed by atoms with van der Waals surface area (Å²) in [4.78, 5) is 94.1. The molecule has 0 radical (unpaired) electrons. The Labute approximate surface area is 333 Å². The Balaban J connectivity index is 1.51. The van der Waals surface area contributed by atoms with Crippen molar-refractivity contribution < 1.29 is 43.4 Å². The van der Waals surface area contributed by atoms with Gasteiger partial charge in [-0.05, 0) is 66.6 Å². The van der Waals surface area contributed by atoms with Crippen molar-refractivity contribution in [2.24, 2.45) is 0 Å². The predicted molar refractivity (Wildman–Crippen MR) is 213 cm³/mol. The average molecular weight is 796 g/mol. The molecule has 4 aromatic rings. The number of aliphatic carboxylic acids is 1. The first-order chi connectivity index (χ1) is 27.1. The van der Waals surface area contributed by atoms with Gasteiger partial charge in [0.1, 0.15) is 29.8 Å². The minimum atomic E-state index is -1.62. The number of carbonyl (C=O) groups is 7. The molecule has 2 aliphatic heterocycles. The first kappa shape index (κ1) is 41.8. The minimum Gasteiger partial charge on any atom is -0.480 e. The molecule has 3 aromatic carbocycles. The van der Waals surface area contributed by atoms with Crippen LogP contribution in [0.1, 0.15) is 62.1 Å². The van der Waals surface area contributed by atoms with E-state index < -0.39 is 77.7 Å². The number of carbonyl (C=O) groups excluding carboxylic acids is 6. The number of nitrogens with one attached hydrogen (secondary N) is 5. The van der Waals surface area contributed by atoms with Crippen LogP contribution >= 0.6 is 11.3 Å². The fourth-order valence-corrected chi connectivity index (χ4v) is 6.81. The fraction of sp³-hybridized carbons (Fsp3) is 0.310. The lowest BCUT2D eigenvalue weighted by Gasteiger charge is -2.27. The van der Waals surface area contributed by atoms with Crippen molar-refractivity contribution in [3.05, 3.63) is 112 Å². The van der Waals surface area contributed by atoms with E-state index in [1.807, 2.05) is 42.5 Å². The van der Waals surface area contributed by atoms with Crippen molar-refractivity contribution in [2.45, 2.75) is 82.6 Å². The third-order valence-corrected chi connectivity index (χ3v) is 9.76. The Morgan fingerprint density at radius 1 is 0.719 bits per heavy atom. The van der Waals surface area contributed by atoms with Gasteiger partial charge >= 0.3 is 11.9 Å². The van der Waals surface area contributed by atoms with Crippen LogP contribution in [0.2, 0.25) is 0 Å². The van der Waals surface area contributed by atoms with Crippen molar-refractivity contribution >= 4 is 58.5 Å². The Morgan fingerprint density at radius 3 is 1.98 bits per heavy atom. The minimum absolute atomic E-state index is 0.0771. The predicted octanol–water partition coefficient (Wildman–Crippen LogP) is 4.06. The summed E-state index contributed by atoms with van der Waals surface area (Å²) in [5.74, 6) is -5.86. The van der Waals surface area contributed by atoms with E-state index in [-0.39, 0.29) is 25.7 Å². The van der Waals surface area contributed by atoms with Crippen LogP contribution in [0.25, 0.3) is 11.1 Å². The number of carboxylic acids is 1. The van der Waals surface area contributed by atoms with E-state index >= 15 is 0 Å². The molecule has 6 N–H and O–H groups in total. The lowest BCUT2D eigenvalue weighted by Crippen LogP contribution is -2.58. The zero-order valence-corrected chi connectivity index (χ0v) is 32.5. The largest absolute Gasteiger partial charge is 0.480 e. The van der Waals surface area contributed by atoms with Crippen LogP contribution in [0.15, 0.2) is 96.4 Å². The molecule has 0 aliphatic carbocycles. The summed E-state index contributed by atoms with van der Waals surface area (Å²) in [5.41, 5.74) is 2.46. The maximum atomic E-state index is 14.3. The molecule has 2 aliphatic rings. The van der Waals surface area contributed by atoms with Gasteiger partial charge in [-0.3, -0.25) is 28.8 Å². The van der Waals surface area contributed by atoms with E-state index in [1.54, 1.807) is 74.7 Å². The topological polar surface area (TPSA) is 209 Å². The number of ether oxygens (including phenoxy) is 1. The van der Waals surface area contributed by atoms with Crippen LogP contribution < -0.4 is 26.6 Å². The molecule has 0 spiro atoms. The van der Waals surface area contributed by atoms with E-state index in [2.05, 4.69) is 26.6 Å². The van der Waals surface area contributed by atoms with Gasteiger partial charge in [0, 0.05) is 36.2 Å². The molecular formula is C42H45N5O9S. The number of anilines is 1. The van der Waals surface area contributed by atoms with Crippen LogP contribution in [0, 0.1) is 0 Å². The van der Waals surface area contributed by atoms with Gasteiger partial charge in [0.2, 0.25) is 29.5 Å². The number of amides is 5. The molecular weight excluding hydrogens is 751 g/mol. The third kappa shape index (κ3) is 12.6. The summed E-state index contributed by atoms with van der Waals surface area (Å²) in [5, 5.41) is 24.9. The van der Waals surface area contributed by atoms with Crippen LogP contribution in [-0.4, -0.2) is 70.3 Å². The quantitative estimate of drug-likeness (QED) is 0.118. The monoisotopic (exact) mass is 795 g/mol. The molecule has 4 atom stereocenters. The Bertz CT molecular complexity index is 2070. The molecule has 2 bridgehead atoms. The van der Waals surface area contributed by atoms with E-state index in [4.69, 9.17) is 4.74 Å². The summed E-state index contributed by atoms with van der Waals surface area (Å²) in [7, 11) is 0. The second-order valence-corrected chi connectivity index (χ2v) is 15.5. The Hall–Kier alpha value is -6.35. The SMILES string of the molecule is CC(C)(C)OC(=O)C[C@H]1NC(=O)[C@H](Cc2ccc(-c3ccccc3)cc2)NC(=O)C(c2cccs2)NC(=O)CCC(=O)Nc2ccc(cc2)C[C@@H](C(=O)O)NC1=O. The first-order valence-electron chi connectivity index (χ1n) is 18.3. The van der Waals surface area contributed by atoms with Crippen molar-refractivity contribution in [1.29, 1.82) is 0 Å². The highest BCUT2D eigenvalue weighted by Gasteiger charge is 2.34. The van der Waals surface area contributed by atoms with E-state index in [1.165, 1.54) is 11.3 Å². The molecule has 6 rings (SSSR count). The normalized spacial score (nSPS) is 20.2. The maximum absolute atomic E-state index is 14.3. The summed E-state index contributed by atoms with van der Waals surface area (Å²) >= 11 is 1.20. The Kier molecular flexibility index (Phi) is 13.9. The molecule has 15 heteroatoms. The van der Waals surface area contributed by atoms with Gasteiger partial charge < -0.3 is 36.4 Å². The Morgan fingerprint density at radius 2 is 1.35 bits per heavy atom. The molecule has 0 fully saturated rings. The van der Waals surface area contributed by atoms with E-state index in [0.29, 0.717) is 21.7 Å². The van der Waals surface area contributed by atoms with Gasteiger partial charge in [-0.2, -0.15) is 0 Å². The zero-order chi connectivity index (χ0) is 41.1. The smallest absolute Gasteiger partial charge is 0.326 e. The van der Waals surface area contributed by atoms with Gasteiger partial charge in [-0.1, -0.05) is 72.8 Å². The van der Waals surface area contributed by atoms with Crippen LogP contribution in [0.4, 0.5) is 5.69 Å². The van der Waals surface area contributed by atoms with Gasteiger partial charge in [0.05, 0.1) is 6.42 Å². The van der Waals surface area contributed by atoms with Crippen LogP contribution in [0.3, 0.4) is 0 Å². The highest BCUT2D eigenvalue weighted by atomic mass is 32.1. The fourth-order valence-electron chi connectivity index (χ4n) is 6.03. The molecule has 0 saturated heterocycles. The second kappa shape index (κ2) is 19.0. The number of hydrogen-bond acceptors (Lipinski definition) is 9. The molecule has 57 heavy (non-hydrogen) atoms. The average Bonchev–Trinajstić information content (AvgIpc) is 3.70. The molecule has 3 heterocycles. The molecule has 14 nitrogen and oxygen atoms in total. The highest BCUT2D eigenvalue weighted by Crippen LogP contribution is 2.23. The first-order valence-corrected chi connectivity index (χ1v) is 19.2. The number of thiophene rings is 1. The van der Waals surface area contributed by atoms with Gasteiger partial charge in [0.15, 0.2) is 0 Å². The van der Waals surface area contributed by atoms with Crippen molar-refractivity contribution in [2.75, 3.05) is 5.32 Å². The molecule has 1 unspecified atom stereocenters. The van der Waals surface area contributed by atoms with Crippen LogP contribution in [0.5, 0.6) is 0 Å². The summed E-state index contributed by atoms with van der Waals surface area (Å²) in [6.07, 6.45) is -1.37. The molecule has 1 aromatic heterocycles. The molecule has 5 amide bonds. The number of hydrogen-bond donors (Lipinski definition) is 6. The van der Waals surface area contributed by atoms with E-state index in [0.717, 1.165) is 11.1 Å². The van der Waals surface area contributed by atoms with Crippen molar-refractivity contribution in [3.8, 4) is 11.1 Å². The number of carboxylic acid groups (broad SMARTS) is 1. The van der Waals surface area contributed by atoms with Crippen LogP contribution in [-0.2, 0) is 51.1 Å². The van der Waals surface area contributed by atoms with Crippen molar-refractivity contribution in [3.63, 3.8) is 0 Å². The van der Waals surface area contributed by atoms with Crippen molar-refractivity contribution in [1.82, 2.24) is 21.3 Å². The number of benzene rings is 3. The molecule has 0 saturated carbocycles. The van der Waals surface area contributed by atoms with Gasteiger partial charge in [0.25, 0.3) is 0 Å². The maximum Gasteiger partial charge on any atom is 0.326 e. The highest BCUT2D eigenvalue weighted by molar-refractivity contribution is 7.10. The lowest BCUT2D eigenvalue weighted by molar-refractivity contribution is -0.156. The lowest BCUT2D eigenvalue weighted by atomic mass is 9.99. The summed E-state index contributed by atoms with van der Waals surface area (Å²) < 4.78 is 5.45. The van der Waals surface area contributed by atoms with Gasteiger partial charge in [-0.25, -0.2) is 4.79 Å². The number of rotatable bonds is 7. The summed E-state index contributed by atoms with van der Waals surface area (Å²) in [6.45, 7) is 4.90. The second-order valence-electron chi connectivity index (χ2n) is 14.5.